The van der Waals surface area contributed by atoms with Gasteiger partial charge in [-0.05, 0) is 62.3 Å². The van der Waals surface area contributed by atoms with E-state index >= 15 is 0 Å². The maximum Gasteiger partial charge on any atom is 0.287 e. The fourth-order valence-electron chi connectivity index (χ4n) is 5.96. The Morgan fingerprint density at radius 3 is 2.23 bits per heavy atom. The van der Waals surface area contributed by atoms with Crippen LogP contribution in [0.15, 0.2) is 24.3 Å². The lowest BCUT2D eigenvalue weighted by molar-refractivity contribution is -0.147. The number of rotatable bonds is 2. The van der Waals surface area contributed by atoms with Gasteiger partial charge in [0, 0.05) is 10.9 Å². The molecule has 0 spiro atoms. The molecule has 0 unspecified atom stereocenters. The summed E-state index contributed by atoms with van der Waals surface area (Å²) in [6.07, 6.45) is 6.74. The van der Waals surface area contributed by atoms with Crippen LogP contribution in [0.1, 0.15) is 49.0 Å². The molecule has 0 aliphatic heterocycles. The van der Waals surface area contributed by atoms with E-state index in [1.807, 2.05) is 24.3 Å². The SMILES string of the molecule is O=C(NNC(=O)C12CC3CC(CC(C3)C1)C2)c1[nH]c2ccccc2c1Cl. The Hall–Kier alpha value is -2.01. The maximum absolute atomic E-state index is 12.9. The number of hydrogen-bond donors (Lipinski definition) is 3. The smallest absolute Gasteiger partial charge is 0.287 e. The van der Waals surface area contributed by atoms with Gasteiger partial charge in [0.25, 0.3) is 5.91 Å². The lowest BCUT2D eigenvalue weighted by Crippen LogP contribution is -2.56. The molecule has 5 nitrogen and oxygen atoms in total. The van der Waals surface area contributed by atoms with Gasteiger partial charge in [0.1, 0.15) is 5.69 Å². The highest BCUT2D eigenvalue weighted by atomic mass is 35.5. The zero-order chi connectivity index (χ0) is 17.9. The quantitative estimate of drug-likeness (QED) is 0.702. The first-order valence-corrected chi connectivity index (χ1v) is 9.79. The molecule has 0 atom stereocenters. The Labute approximate surface area is 156 Å². The third kappa shape index (κ3) is 2.44. The molecule has 3 N–H and O–H groups in total. The third-order valence-electron chi connectivity index (χ3n) is 6.68. The van der Waals surface area contributed by atoms with E-state index in [1.165, 1.54) is 19.3 Å². The maximum atomic E-state index is 12.9. The molecule has 4 saturated carbocycles. The largest absolute Gasteiger partial charge is 0.349 e. The molecule has 6 rings (SSSR count). The monoisotopic (exact) mass is 371 g/mol. The van der Waals surface area contributed by atoms with Crippen molar-refractivity contribution in [3.63, 3.8) is 0 Å². The van der Waals surface area contributed by atoms with Crippen molar-refractivity contribution in [2.45, 2.75) is 38.5 Å². The average molecular weight is 372 g/mol. The summed E-state index contributed by atoms with van der Waals surface area (Å²) in [6, 6.07) is 7.48. The Morgan fingerprint density at radius 2 is 1.62 bits per heavy atom. The van der Waals surface area contributed by atoms with E-state index in [4.69, 9.17) is 11.6 Å². The van der Waals surface area contributed by atoms with E-state index in [2.05, 4.69) is 15.8 Å². The molecule has 0 radical (unpaired) electrons. The average Bonchev–Trinajstić information content (AvgIpc) is 2.95. The van der Waals surface area contributed by atoms with E-state index in [-0.39, 0.29) is 17.0 Å². The highest BCUT2D eigenvalue weighted by molar-refractivity contribution is 6.38. The molecule has 1 heterocycles. The molecular weight excluding hydrogens is 350 g/mol. The highest BCUT2D eigenvalue weighted by Crippen LogP contribution is 2.60. The van der Waals surface area contributed by atoms with E-state index < -0.39 is 5.91 Å². The summed E-state index contributed by atoms with van der Waals surface area (Å²) in [6.45, 7) is 0. The summed E-state index contributed by atoms with van der Waals surface area (Å²) in [5.41, 5.74) is 6.06. The van der Waals surface area contributed by atoms with Crippen LogP contribution in [0, 0.1) is 23.2 Å². The van der Waals surface area contributed by atoms with E-state index in [0.29, 0.717) is 22.8 Å². The number of H-pyrrole nitrogens is 1. The normalized spacial score (nSPS) is 32.0. The van der Waals surface area contributed by atoms with Gasteiger partial charge in [0.05, 0.1) is 10.4 Å². The number of para-hydroxylation sites is 1. The van der Waals surface area contributed by atoms with Gasteiger partial charge in [0.2, 0.25) is 5.91 Å². The number of nitrogens with one attached hydrogen (secondary N) is 3. The number of aromatic nitrogens is 1. The number of hydrazine groups is 1. The summed E-state index contributed by atoms with van der Waals surface area (Å²) in [4.78, 5) is 28.5. The van der Waals surface area contributed by atoms with E-state index in [9.17, 15) is 9.59 Å². The van der Waals surface area contributed by atoms with Crippen LogP contribution in [0.5, 0.6) is 0 Å². The molecule has 4 aliphatic rings. The minimum atomic E-state index is -0.413. The zero-order valence-electron chi connectivity index (χ0n) is 14.5. The molecule has 2 amide bonds. The van der Waals surface area contributed by atoms with Crippen LogP contribution in [0.25, 0.3) is 10.9 Å². The van der Waals surface area contributed by atoms with Crippen molar-refractivity contribution in [2.75, 3.05) is 0 Å². The molecule has 2 aromatic rings. The summed E-state index contributed by atoms with van der Waals surface area (Å²) >= 11 is 6.32. The third-order valence-corrected chi connectivity index (χ3v) is 7.07. The topological polar surface area (TPSA) is 74.0 Å². The Balaban J connectivity index is 1.30. The van der Waals surface area contributed by atoms with Gasteiger partial charge < -0.3 is 4.98 Å². The number of aromatic amines is 1. The number of carbonyl (C=O) groups is 2. The van der Waals surface area contributed by atoms with E-state index in [0.717, 1.165) is 30.2 Å². The molecule has 0 saturated heterocycles. The van der Waals surface area contributed by atoms with Crippen LogP contribution in [0.3, 0.4) is 0 Å². The fourth-order valence-corrected chi connectivity index (χ4v) is 6.26. The number of halogens is 1. The van der Waals surface area contributed by atoms with E-state index in [1.54, 1.807) is 0 Å². The Bertz CT molecular complexity index is 868. The van der Waals surface area contributed by atoms with Crippen molar-refractivity contribution >= 4 is 34.3 Å². The number of hydrogen-bond acceptors (Lipinski definition) is 2. The molecule has 4 fully saturated rings. The molecule has 4 aliphatic carbocycles. The van der Waals surface area contributed by atoms with Crippen LogP contribution in [-0.2, 0) is 4.79 Å². The second-order valence-corrected chi connectivity index (χ2v) is 8.84. The first-order valence-electron chi connectivity index (χ1n) is 9.41. The van der Waals surface area contributed by atoms with Crippen molar-refractivity contribution in [3.05, 3.63) is 35.0 Å². The summed E-state index contributed by atoms with van der Waals surface area (Å²) in [7, 11) is 0. The molecule has 6 heteroatoms. The van der Waals surface area contributed by atoms with Crippen molar-refractivity contribution in [3.8, 4) is 0 Å². The van der Waals surface area contributed by atoms with Crippen molar-refractivity contribution in [2.24, 2.45) is 23.2 Å². The van der Waals surface area contributed by atoms with Crippen LogP contribution >= 0.6 is 11.6 Å². The predicted octanol–water partition coefficient (Wildman–Crippen LogP) is 3.80. The standard InChI is InChI=1S/C20H22ClN3O2/c21-16-14-3-1-2-4-15(14)22-17(16)18(25)23-24-19(26)20-8-11-5-12(9-20)7-13(6-11)10-20/h1-4,11-13,22H,5-10H2,(H,23,25)(H,24,26). The first-order chi connectivity index (χ1) is 12.5. The molecule has 26 heavy (non-hydrogen) atoms. The Kier molecular flexibility index (Phi) is 3.58. The summed E-state index contributed by atoms with van der Waals surface area (Å²) in [5.74, 6) is 1.61. The molecule has 136 valence electrons. The Morgan fingerprint density at radius 1 is 1.00 bits per heavy atom. The van der Waals surface area contributed by atoms with Crippen molar-refractivity contribution < 1.29 is 9.59 Å². The van der Waals surface area contributed by atoms with Crippen molar-refractivity contribution in [1.82, 2.24) is 15.8 Å². The molecule has 1 aromatic carbocycles. The van der Waals surface area contributed by atoms with Gasteiger partial charge >= 0.3 is 0 Å². The van der Waals surface area contributed by atoms with Gasteiger partial charge in [-0.25, -0.2) is 0 Å². The van der Waals surface area contributed by atoms with Crippen LogP contribution in [0.4, 0.5) is 0 Å². The van der Waals surface area contributed by atoms with Crippen LogP contribution in [-0.4, -0.2) is 16.8 Å². The molecule has 4 bridgehead atoms. The molecular formula is C20H22ClN3O2. The minimum Gasteiger partial charge on any atom is -0.349 e. The highest BCUT2D eigenvalue weighted by Gasteiger charge is 2.54. The van der Waals surface area contributed by atoms with Gasteiger partial charge in [-0.1, -0.05) is 29.8 Å². The lowest BCUT2D eigenvalue weighted by Gasteiger charge is -2.55. The summed E-state index contributed by atoms with van der Waals surface area (Å²) < 4.78 is 0. The van der Waals surface area contributed by atoms with Gasteiger partial charge in [-0.3, -0.25) is 20.4 Å². The number of fused-ring (bicyclic) bond motifs is 1. The van der Waals surface area contributed by atoms with Crippen LogP contribution < -0.4 is 10.9 Å². The second-order valence-electron chi connectivity index (χ2n) is 8.47. The minimum absolute atomic E-state index is 0.0304. The number of amides is 2. The first kappa shape index (κ1) is 16.2. The lowest BCUT2D eigenvalue weighted by atomic mass is 9.49. The van der Waals surface area contributed by atoms with Crippen LogP contribution in [0.2, 0.25) is 5.02 Å². The number of carbonyl (C=O) groups excluding carboxylic acids is 2. The van der Waals surface area contributed by atoms with Gasteiger partial charge in [0.15, 0.2) is 0 Å². The predicted molar refractivity (Wildman–Crippen MR) is 99.5 cm³/mol. The van der Waals surface area contributed by atoms with Gasteiger partial charge in [-0.2, -0.15) is 0 Å². The fraction of sp³-hybridized carbons (Fsp3) is 0.500. The molecule has 1 aromatic heterocycles. The summed E-state index contributed by atoms with van der Waals surface area (Å²) in [5, 5.41) is 1.17. The second kappa shape index (κ2) is 5.74. The van der Waals surface area contributed by atoms with Crippen molar-refractivity contribution in [1.29, 1.82) is 0 Å². The zero-order valence-corrected chi connectivity index (χ0v) is 15.2. The number of benzene rings is 1. The van der Waals surface area contributed by atoms with Gasteiger partial charge in [-0.15, -0.1) is 0 Å².